The molecule has 0 aromatic carbocycles. The van der Waals surface area contributed by atoms with Crippen molar-refractivity contribution in [1.82, 2.24) is 10.9 Å². The fourth-order valence-electron chi connectivity index (χ4n) is 1.42. The number of amides is 2. The molecule has 0 bridgehead atoms. The number of carbonyl (C=O) groups is 2. The van der Waals surface area contributed by atoms with Gasteiger partial charge in [0.25, 0.3) is 0 Å². The van der Waals surface area contributed by atoms with E-state index in [4.69, 9.17) is 9.84 Å². The molecule has 18 heavy (non-hydrogen) atoms. The molecule has 0 spiro atoms. The summed E-state index contributed by atoms with van der Waals surface area (Å²) in [5.74, 6) is -2.43. The molecule has 1 aliphatic rings. The van der Waals surface area contributed by atoms with Gasteiger partial charge in [0, 0.05) is 0 Å². The molecule has 1 fully saturated rings. The largest absolute Gasteiger partial charge is 0.394 e. The highest BCUT2D eigenvalue weighted by atomic mass is 16.6. The van der Waals surface area contributed by atoms with E-state index in [1.165, 1.54) is 0 Å². The van der Waals surface area contributed by atoms with Gasteiger partial charge in [0.05, 0.1) is 6.61 Å². The topological polar surface area (TPSA) is 174 Å². The molecule has 0 aromatic heterocycles. The van der Waals surface area contributed by atoms with Gasteiger partial charge in [-0.05, 0) is 0 Å². The first-order valence-electron chi connectivity index (χ1n) is 5.04. The summed E-state index contributed by atoms with van der Waals surface area (Å²) in [5.41, 5.74) is 8.62. The molecule has 1 rings (SSSR count). The summed E-state index contributed by atoms with van der Waals surface area (Å²) in [6.45, 7) is -0.604. The highest BCUT2D eigenvalue weighted by Crippen LogP contribution is 2.19. The van der Waals surface area contributed by atoms with Crippen LogP contribution >= 0.6 is 0 Å². The van der Waals surface area contributed by atoms with Gasteiger partial charge in [-0.15, -0.1) is 0 Å². The Bertz CT molecular complexity index is 324. The van der Waals surface area contributed by atoms with E-state index in [1.54, 1.807) is 0 Å². The first kappa shape index (κ1) is 14.8. The maximum atomic E-state index is 10.8. The van der Waals surface area contributed by atoms with Crippen molar-refractivity contribution in [2.45, 2.75) is 30.6 Å². The summed E-state index contributed by atoms with van der Waals surface area (Å²) in [7, 11) is 0. The predicted octanol–water partition coefficient (Wildman–Crippen LogP) is -5.11. The summed E-state index contributed by atoms with van der Waals surface area (Å²) >= 11 is 0. The molecule has 0 saturated carbocycles. The molecule has 104 valence electrons. The van der Waals surface area contributed by atoms with Crippen molar-refractivity contribution in [2.75, 3.05) is 6.61 Å². The zero-order valence-electron chi connectivity index (χ0n) is 9.18. The van der Waals surface area contributed by atoms with E-state index >= 15 is 0 Å². The monoisotopic (exact) mass is 265 g/mol. The highest BCUT2D eigenvalue weighted by molar-refractivity contribution is 6.34. The molecule has 1 heterocycles. The molecule has 0 unspecified atom stereocenters. The van der Waals surface area contributed by atoms with E-state index in [1.807, 2.05) is 5.43 Å². The summed E-state index contributed by atoms with van der Waals surface area (Å²) < 4.78 is 4.97. The fraction of sp³-hybridized carbons (Fsp3) is 0.750. The van der Waals surface area contributed by atoms with Gasteiger partial charge in [-0.1, -0.05) is 0 Å². The number of hydrogen-bond acceptors (Lipinski definition) is 8. The number of hydrogen-bond donors (Lipinski definition) is 7. The van der Waals surface area contributed by atoms with Crippen LogP contribution in [0.15, 0.2) is 0 Å². The van der Waals surface area contributed by atoms with Crippen LogP contribution in [0.3, 0.4) is 0 Å². The number of primary amides is 1. The molecule has 1 saturated heterocycles. The molecule has 10 nitrogen and oxygen atoms in total. The van der Waals surface area contributed by atoms with E-state index in [0.29, 0.717) is 0 Å². The molecule has 5 atom stereocenters. The summed E-state index contributed by atoms with van der Waals surface area (Å²) in [5, 5.41) is 37.3. The van der Waals surface area contributed by atoms with Gasteiger partial charge in [-0.25, -0.2) is 5.43 Å². The maximum Gasteiger partial charge on any atom is 0.323 e. The predicted molar refractivity (Wildman–Crippen MR) is 54.2 cm³/mol. The minimum Gasteiger partial charge on any atom is -0.394 e. The molecule has 10 heteroatoms. The quantitative estimate of drug-likeness (QED) is 0.196. The number of nitrogens with two attached hydrogens (primary N) is 1. The number of aliphatic hydroxyl groups is 4. The van der Waals surface area contributed by atoms with E-state index in [9.17, 15) is 24.9 Å². The first-order valence-corrected chi connectivity index (χ1v) is 5.04. The number of hydrazine groups is 1. The van der Waals surface area contributed by atoms with Crippen LogP contribution in [0.5, 0.6) is 0 Å². The lowest BCUT2D eigenvalue weighted by Gasteiger charge is -2.40. The molecule has 0 aliphatic carbocycles. The standard InChI is InChI=1S/C8H15N3O7/c9-6(16)7(17)10-11-8-5(15)4(14)3(13)2(1-12)18-8/h2-5,8,11-15H,1H2,(H2,9,16)(H,10,17)/t2-,3-,4+,5+,8-/m1/s1. The Morgan fingerprint density at radius 2 is 1.78 bits per heavy atom. The summed E-state index contributed by atoms with van der Waals surface area (Å²) in [4.78, 5) is 21.3. The lowest BCUT2D eigenvalue weighted by atomic mass is 9.99. The molecular weight excluding hydrogens is 250 g/mol. The van der Waals surface area contributed by atoms with Crippen molar-refractivity contribution < 1.29 is 34.8 Å². The molecule has 0 radical (unpaired) electrons. The van der Waals surface area contributed by atoms with Crippen molar-refractivity contribution in [3.63, 3.8) is 0 Å². The summed E-state index contributed by atoms with van der Waals surface area (Å²) in [6, 6.07) is 0. The van der Waals surface area contributed by atoms with Gasteiger partial charge in [-0.3, -0.25) is 15.0 Å². The Labute approximate surface area is 101 Å². The fourth-order valence-corrected chi connectivity index (χ4v) is 1.42. The average Bonchev–Trinajstić information content (AvgIpc) is 2.34. The van der Waals surface area contributed by atoms with E-state index < -0.39 is 49.1 Å². The molecule has 8 N–H and O–H groups in total. The Balaban J connectivity index is 2.59. The van der Waals surface area contributed by atoms with Crippen molar-refractivity contribution in [3.05, 3.63) is 0 Å². The number of aliphatic hydroxyl groups excluding tert-OH is 4. The Morgan fingerprint density at radius 1 is 1.17 bits per heavy atom. The lowest BCUT2D eigenvalue weighted by Crippen LogP contribution is -2.65. The van der Waals surface area contributed by atoms with Crippen molar-refractivity contribution >= 4 is 11.8 Å². The van der Waals surface area contributed by atoms with Crippen molar-refractivity contribution in [1.29, 1.82) is 0 Å². The molecular formula is C8H15N3O7. The van der Waals surface area contributed by atoms with E-state index in [0.717, 1.165) is 0 Å². The van der Waals surface area contributed by atoms with Gasteiger partial charge in [0.1, 0.15) is 24.4 Å². The second-order valence-corrected chi connectivity index (χ2v) is 3.71. The van der Waals surface area contributed by atoms with Crippen LogP contribution in [0.2, 0.25) is 0 Å². The third kappa shape index (κ3) is 3.13. The highest BCUT2D eigenvalue weighted by Gasteiger charge is 2.43. The van der Waals surface area contributed by atoms with Crippen LogP contribution in [0, 0.1) is 0 Å². The van der Waals surface area contributed by atoms with Gasteiger partial charge in [-0.2, -0.15) is 0 Å². The second kappa shape index (κ2) is 6.04. The lowest BCUT2D eigenvalue weighted by molar-refractivity contribution is -0.238. The van der Waals surface area contributed by atoms with Crippen molar-refractivity contribution in [3.8, 4) is 0 Å². The SMILES string of the molecule is NC(=O)C(=O)NN[C@@H]1O[C@H](CO)[C@@H](O)[C@H](O)[C@@H]1O. The molecule has 2 amide bonds. The Hall–Kier alpha value is -1.30. The van der Waals surface area contributed by atoms with Gasteiger partial charge in [0.15, 0.2) is 6.23 Å². The smallest absolute Gasteiger partial charge is 0.323 e. The van der Waals surface area contributed by atoms with Gasteiger partial charge in [0.2, 0.25) is 0 Å². The zero-order chi connectivity index (χ0) is 13.9. The number of nitrogens with one attached hydrogen (secondary N) is 2. The minimum atomic E-state index is -1.58. The third-order valence-corrected chi connectivity index (χ3v) is 2.44. The van der Waals surface area contributed by atoms with E-state index in [-0.39, 0.29) is 0 Å². The van der Waals surface area contributed by atoms with Crippen molar-refractivity contribution in [2.24, 2.45) is 5.73 Å². The third-order valence-electron chi connectivity index (χ3n) is 2.44. The summed E-state index contributed by atoms with van der Waals surface area (Å²) in [6.07, 6.45) is -7.10. The number of rotatable bonds is 3. The number of carbonyl (C=O) groups excluding carboxylic acids is 2. The van der Waals surface area contributed by atoms with Crippen LogP contribution in [-0.4, -0.2) is 69.5 Å². The van der Waals surface area contributed by atoms with Crippen LogP contribution in [-0.2, 0) is 14.3 Å². The Kier molecular flexibility index (Phi) is 4.95. The molecule has 1 aliphatic heterocycles. The van der Waals surface area contributed by atoms with Crippen LogP contribution in [0.25, 0.3) is 0 Å². The first-order chi connectivity index (χ1) is 8.38. The normalized spacial score (nSPS) is 36.1. The zero-order valence-corrected chi connectivity index (χ0v) is 9.18. The second-order valence-electron chi connectivity index (χ2n) is 3.71. The minimum absolute atomic E-state index is 0.604. The average molecular weight is 265 g/mol. The van der Waals surface area contributed by atoms with Crippen LogP contribution in [0.4, 0.5) is 0 Å². The van der Waals surface area contributed by atoms with Crippen LogP contribution < -0.4 is 16.6 Å². The van der Waals surface area contributed by atoms with Crippen LogP contribution in [0.1, 0.15) is 0 Å². The Morgan fingerprint density at radius 3 is 2.28 bits per heavy atom. The van der Waals surface area contributed by atoms with Gasteiger partial charge >= 0.3 is 11.8 Å². The van der Waals surface area contributed by atoms with E-state index in [2.05, 4.69) is 11.2 Å². The number of ether oxygens (including phenoxy) is 1. The van der Waals surface area contributed by atoms with Gasteiger partial charge < -0.3 is 30.9 Å². The molecule has 0 aromatic rings. The maximum absolute atomic E-state index is 10.8.